The highest BCUT2D eigenvalue weighted by Crippen LogP contribution is 2.39. The molecule has 2 aliphatic rings. The largest absolute Gasteiger partial charge is 0.465 e. The highest BCUT2D eigenvalue weighted by Gasteiger charge is 2.31. The third-order valence-electron chi connectivity index (χ3n) is 4.32. The van der Waals surface area contributed by atoms with Gasteiger partial charge in [0, 0.05) is 24.7 Å². The number of hydrogen-bond acceptors (Lipinski definition) is 6. The molecule has 0 spiro atoms. The maximum Gasteiger partial charge on any atom is 0.415 e. The van der Waals surface area contributed by atoms with Crippen molar-refractivity contribution in [2.45, 2.75) is 6.92 Å². The zero-order valence-electron chi connectivity index (χ0n) is 14.2. The van der Waals surface area contributed by atoms with E-state index >= 15 is 0 Å². The van der Waals surface area contributed by atoms with Crippen LogP contribution in [-0.4, -0.2) is 43.1 Å². The number of allylic oxidation sites excluding steroid dienone is 1. The highest BCUT2D eigenvalue weighted by atomic mass is 16.6. The molecule has 1 saturated heterocycles. The fourth-order valence-electron chi connectivity index (χ4n) is 2.89. The Balaban J connectivity index is 1.57. The summed E-state index contributed by atoms with van der Waals surface area (Å²) in [6.45, 7) is 3.74. The Bertz CT molecular complexity index is 878. The molecule has 1 aromatic carbocycles. The van der Waals surface area contributed by atoms with Gasteiger partial charge in [-0.3, -0.25) is 4.79 Å². The van der Waals surface area contributed by atoms with Crippen molar-refractivity contribution in [2.24, 2.45) is 0 Å². The number of ketones is 1. The van der Waals surface area contributed by atoms with Crippen LogP contribution in [-0.2, 0) is 4.74 Å². The average molecular weight is 355 g/mol. The molecule has 0 bridgehead atoms. The molecule has 7 heteroatoms. The molecule has 26 heavy (non-hydrogen) atoms. The van der Waals surface area contributed by atoms with Gasteiger partial charge in [0.25, 0.3) is 0 Å². The molecule has 1 fully saturated rings. The number of benzene rings is 1. The van der Waals surface area contributed by atoms with Gasteiger partial charge in [-0.15, -0.1) is 0 Å². The number of hydrogen-bond donors (Lipinski definition) is 0. The summed E-state index contributed by atoms with van der Waals surface area (Å²) in [5, 5.41) is 0. The van der Waals surface area contributed by atoms with Crippen molar-refractivity contribution in [1.82, 2.24) is 4.90 Å². The first kappa shape index (κ1) is 16.4. The maximum atomic E-state index is 12.5. The van der Waals surface area contributed by atoms with Crippen molar-refractivity contribution in [3.63, 3.8) is 0 Å². The topological polar surface area (TPSA) is 78.2 Å². The predicted octanol–water partition coefficient (Wildman–Crippen LogP) is 3.04. The summed E-state index contributed by atoms with van der Waals surface area (Å²) in [7, 11) is 0. The number of fused-ring (bicyclic) bond motifs is 1. The molecule has 2 aromatic rings. The Labute approximate surface area is 149 Å². The van der Waals surface area contributed by atoms with Crippen LogP contribution in [0.15, 0.2) is 40.7 Å². The Hall–Kier alpha value is -3.06. The van der Waals surface area contributed by atoms with Gasteiger partial charge in [-0.1, -0.05) is 0 Å². The molecule has 2 aliphatic heterocycles. The molecule has 3 heterocycles. The van der Waals surface area contributed by atoms with Crippen LogP contribution in [0.1, 0.15) is 21.7 Å². The fourth-order valence-corrected chi connectivity index (χ4v) is 2.89. The quantitative estimate of drug-likeness (QED) is 0.771. The van der Waals surface area contributed by atoms with Gasteiger partial charge in [-0.2, -0.15) is 0 Å². The molecular weight excluding hydrogens is 338 g/mol. The molecular formula is C19H17NO6. The third kappa shape index (κ3) is 2.97. The number of nitrogens with zero attached hydrogens (tertiary/aromatic N) is 1. The van der Waals surface area contributed by atoms with Crippen molar-refractivity contribution in [2.75, 3.05) is 26.3 Å². The van der Waals surface area contributed by atoms with E-state index in [0.717, 1.165) is 0 Å². The van der Waals surface area contributed by atoms with E-state index in [-0.39, 0.29) is 11.5 Å². The van der Waals surface area contributed by atoms with E-state index in [1.165, 1.54) is 6.26 Å². The van der Waals surface area contributed by atoms with Crippen LogP contribution in [0.4, 0.5) is 4.79 Å². The minimum Gasteiger partial charge on any atom is -0.465 e. The number of furan rings is 1. The van der Waals surface area contributed by atoms with Gasteiger partial charge in [0.1, 0.15) is 17.3 Å². The summed E-state index contributed by atoms with van der Waals surface area (Å²) in [6, 6.07) is 6.68. The van der Waals surface area contributed by atoms with Crippen LogP contribution in [0.25, 0.3) is 6.08 Å². The summed E-state index contributed by atoms with van der Waals surface area (Å²) >= 11 is 0. The normalized spacial score (nSPS) is 18.0. The van der Waals surface area contributed by atoms with Gasteiger partial charge < -0.3 is 23.5 Å². The lowest BCUT2D eigenvalue weighted by atomic mass is 10.1. The fraction of sp³-hybridized carbons (Fsp3) is 0.263. The van der Waals surface area contributed by atoms with E-state index in [2.05, 4.69) is 0 Å². The molecule has 0 atom stereocenters. The summed E-state index contributed by atoms with van der Waals surface area (Å²) in [5.74, 6) is 1.24. The number of Topliss-reactive ketones (excluding diaryl/α,β-unsaturated/α-hetero) is 1. The van der Waals surface area contributed by atoms with E-state index in [4.69, 9.17) is 18.6 Å². The zero-order valence-corrected chi connectivity index (χ0v) is 14.2. The minimum atomic E-state index is -0.438. The van der Waals surface area contributed by atoms with Gasteiger partial charge in [0.2, 0.25) is 5.78 Å². The third-order valence-corrected chi connectivity index (χ3v) is 4.32. The molecule has 4 rings (SSSR count). The summed E-state index contributed by atoms with van der Waals surface area (Å²) in [4.78, 5) is 26.4. The zero-order chi connectivity index (χ0) is 18.1. The van der Waals surface area contributed by atoms with Crippen LogP contribution in [0.2, 0.25) is 0 Å². The van der Waals surface area contributed by atoms with E-state index in [1.807, 2.05) is 0 Å². The highest BCUT2D eigenvalue weighted by molar-refractivity contribution is 6.14. The van der Waals surface area contributed by atoms with Crippen molar-refractivity contribution < 1.29 is 28.2 Å². The van der Waals surface area contributed by atoms with E-state index in [0.29, 0.717) is 54.7 Å². The summed E-state index contributed by atoms with van der Waals surface area (Å²) in [6.07, 6.45) is 2.63. The van der Waals surface area contributed by atoms with E-state index in [1.54, 1.807) is 42.2 Å². The molecule has 0 saturated carbocycles. The second kappa shape index (κ2) is 6.68. The Kier molecular flexibility index (Phi) is 4.22. The minimum absolute atomic E-state index is 0.176. The second-order valence-corrected chi connectivity index (χ2v) is 5.99. The molecule has 0 aliphatic carbocycles. The van der Waals surface area contributed by atoms with Crippen LogP contribution in [0.5, 0.6) is 11.5 Å². The number of carbonyl (C=O) groups is 2. The molecule has 7 nitrogen and oxygen atoms in total. The first-order valence-corrected chi connectivity index (χ1v) is 8.29. The Morgan fingerprint density at radius 3 is 2.77 bits per heavy atom. The second-order valence-electron chi connectivity index (χ2n) is 5.99. The summed E-state index contributed by atoms with van der Waals surface area (Å²) in [5.41, 5.74) is 1.03. The van der Waals surface area contributed by atoms with Crippen LogP contribution < -0.4 is 9.47 Å². The monoisotopic (exact) mass is 355 g/mol. The van der Waals surface area contributed by atoms with Crippen LogP contribution in [0.3, 0.4) is 0 Å². The lowest BCUT2D eigenvalue weighted by Gasteiger charge is -2.26. The number of ether oxygens (including phenoxy) is 3. The van der Waals surface area contributed by atoms with Gasteiger partial charge >= 0.3 is 6.09 Å². The molecule has 1 amide bonds. The molecule has 0 unspecified atom stereocenters. The number of rotatable bonds is 2. The van der Waals surface area contributed by atoms with Crippen molar-refractivity contribution in [3.05, 3.63) is 53.2 Å². The smallest absolute Gasteiger partial charge is 0.415 e. The molecule has 1 aromatic heterocycles. The number of carbonyl (C=O) groups excluding carboxylic acids is 2. The standard InChI is InChI=1S/C19H17NO6/c1-12-15(26-19(22)20-6-9-23-10-7-20)5-4-14-17(21)16(25-18(12)14)11-13-3-2-8-24-13/h2-5,8,11H,6-7,9-10H2,1H3/b16-11-. The SMILES string of the molecule is Cc1c(OC(=O)N2CCOCC2)ccc2c1O/C(=C\c1ccco1)C2=O. The van der Waals surface area contributed by atoms with Crippen molar-refractivity contribution in [3.8, 4) is 11.5 Å². The number of amides is 1. The van der Waals surface area contributed by atoms with Gasteiger partial charge in [-0.05, 0) is 31.2 Å². The van der Waals surface area contributed by atoms with Crippen molar-refractivity contribution >= 4 is 18.0 Å². The maximum absolute atomic E-state index is 12.5. The predicted molar refractivity (Wildman–Crippen MR) is 91.2 cm³/mol. The summed E-state index contributed by atoms with van der Waals surface area (Å²) < 4.78 is 21.7. The molecule has 0 radical (unpaired) electrons. The first-order valence-electron chi connectivity index (χ1n) is 8.29. The van der Waals surface area contributed by atoms with Gasteiger partial charge in [0.05, 0.1) is 25.0 Å². The van der Waals surface area contributed by atoms with Gasteiger partial charge in [-0.25, -0.2) is 4.79 Å². The lowest BCUT2D eigenvalue weighted by Crippen LogP contribution is -2.42. The molecule has 0 N–H and O–H groups in total. The first-order chi connectivity index (χ1) is 12.6. The Morgan fingerprint density at radius 2 is 2.04 bits per heavy atom. The average Bonchev–Trinajstić information content (AvgIpc) is 3.28. The number of morpholine rings is 1. The van der Waals surface area contributed by atoms with E-state index < -0.39 is 6.09 Å². The lowest BCUT2D eigenvalue weighted by molar-refractivity contribution is 0.0415. The Morgan fingerprint density at radius 1 is 1.23 bits per heavy atom. The van der Waals surface area contributed by atoms with Gasteiger partial charge in [0.15, 0.2) is 5.76 Å². The molecule has 134 valence electrons. The van der Waals surface area contributed by atoms with Crippen LogP contribution in [0, 0.1) is 6.92 Å². The van der Waals surface area contributed by atoms with Crippen LogP contribution >= 0.6 is 0 Å². The van der Waals surface area contributed by atoms with Crippen molar-refractivity contribution in [1.29, 1.82) is 0 Å². The van der Waals surface area contributed by atoms with E-state index in [9.17, 15) is 9.59 Å².